The number of aryl methyl sites for hydroxylation is 1. The molecule has 1 aliphatic heterocycles. The largest absolute Gasteiger partial charge is 0.444 e. The lowest BCUT2D eigenvalue weighted by molar-refractivity contribution is 0.0495. The van der Waals surface area contributed by atoms with E-state index >= 15 is 0 Å². The maximum atomic E-state index is 12.5. The molecular weight excluding hydrogens is 482 g/mol. The molecule has 2 fully saturated rings. The number of carbonyl (C=O) groups excluding carboxylic acids is 1. The zero-order valence-electron chi connectivity index (χ0n) is 22.8. The number of ether oxygens (including phenoxy) is 2. The number of rotatable bonds is 6. The first-order chi connectivity index (χ1) is 18.0. The molecule has 3 N–H and O–H groups in total. The predicted octanol–water partition coefficient (Wildman–Crippen LogP) is 4.80. The van der Waals surface area contributed by atoms with Gasteiger partial charge in [0.2, 0.25) is 0 Å². The highest BCUT2D eigenvalue weighted by Gasteiger charge is 2.47. The fraction of sp³-hybridized carbons (Fsp3) is 0.500. The van der Waals surface area contributed by atoms with Crippen LogP contribution < -0.4 is 15.8 Å². The highest BCUT2D eigenvalue weighted by molar-refractivity contribution is 5.71. The van der Waals surface area contributed by atoms with Gasteiger partial charge in [-0.15, -0.1) is 0 Å². The average molecular weight is 520 g/mol. The Balaban J connectivity index is 1.35. The highest BCUT2D eigenvalue weighted by atomic mass is 16.6. The number of nitrogen functional groups attached to an aromatic ring is 1. The lowest BCUT2D eigenvalue weighted by atomic mass is 9.98. The molecule has 1 aromatic carbocycles. The van der Waals surface area contributed by atoms with Gasteiger partial charge in [0.15, 0.2) is 11.6 Å². The topological polar surface area (TPSA) is 120 Å². The van der Waals surface area contributed by atoms with Crippen molar-refractivity contribution in [1.29, 1.82) is 0 Å². The van der Waals surface area contributed by atoms with Crippen LogP contribution in [0.15, 0.2) is 36.8 Å². The Labute approximate surface area is 223 Å². The minimum Gasteiger partial charge on any atom is -0.444 e. The van der Waals surface area contributed by atoms with E-state index < -0.39 is 17.2 Å². The molecule has 38 heavy (non-hydrogen) atoms. The van der Waals surface area contributed by atoms with Gasteiger partial charge in [-0.05, 0) is 91.2 Å². The monoisotopic (exact) mass is 519 g/mol. The molecule has 10 heteroatoms. The maximum Gasteiger partial charge on any atom is 0.408 e. The number of nitrogens with zero attached hydrogens (tertiary/aromatic N) is 5. The van der Waals surface area contributed by atoms with Crippen molar-refractivity contribution in [3.63, 3.8) is 0 Å². The van der Waals surface area contributed by atoms with Crippen molar-refractivity contribution >= 4 is 11.9 Å². The summed E-state index contributed by atoms with van der Waals surface area (Å²) in [4.78, 5) is 23.9. The van der Waals surface area contributed by atoms with E-state index in [4.69, 9.17) is 20.2 Å². The number of amides is 1. The van der Waals surface area contributed by atoms with Gasteiger partial charge in [0.1, 0.15) is 5.60 Å². The first-order valence-electron chi connectivity index (χ1n) is 13.2. The Kier molecular flexibility index (Phi) is 6.77. The average Bonchev–Trinajstić information content (AvgIpc) is 3.47. The Morgan fingerprint density at radius 1 is 1.16 bits per heavy atom. The molecule has 2 aromatic heterocycles. The van der Waals surface area contributed by atoms with Gasteiger partial charge in [-0.25, -0.2) is 14.8 Å². The first kappa shape index (κ1) is 26.0. The van der Waals surface area contributed by atoms with E-state index in [0.717, 1.165) is 55.5 Å². The van der Waals surface area contributed by atoms with E-state index in [-0.39, 0.29) is 11.7 Å². The zero-order chi connectivity index (χ0) is 27.1. The van der Waals surface area contributed by atoms with Crippen LogP contribution in [0, 0.1) is 6.92 Å². The van der Waals surface area contributed by atoms with E-state index in [9.17, 15) is 4.79 Å². The van der Waals surface area contributed by atoms with Gasteiger partial charge < -0.3 is 25.4 Å². The van der Waals surface area contributed by atoms with E-state index in [1.807, 2.05) is 50.7 Å². The molecule has 1 amide bonds. The van der Waals surface area contributed by atoms with E-state index in [0.29, 0.717) is 17.5 Å². The fourth-order valence-corrected chi connectivity index (χ4v) is 4.86. The van der Waals surface area contributed by atoms with Crippen molar-refractivity contribution in [2.24, 2.45) is 0 Å². The van der Waals surface area contributed by atoms with Crippen molar-refractivity contribution in [3.05, 3.63) is 47.9 Å². The minimum absolute atomic E-state index is 0.207. The number of hydrogen-bond acceptors (Lipinski definition) is 8. The number of anilines is 1. The normalized spacial score (nSPS) is 17.7. The SMILES string of the molecule is Cc1cc(-c2cnc(N)c(Oc3cnn(C4CCN(C)CC4)c3)n2)cc(C2(NC(=O)OC(C)(C)C)CC2)c1. The molecule has 0 unspecified atom stereocenters. The van der Waals surface area contributed by atoms with Gasteiger partial charge in [0.05, 0.1) is 35.9 Å². The number of piperidine rings is 1. The van der Waals surface area contributed by atoms with Crippen LogP contribution in [0.25, 0.3) is 11.3 Å². The summed E-state index contributed by atoms with van der Waals surface area (Å²) in [5.74, 6) is 1.02. The quantitative estimate of drug-likeness (QED) is 0.476. The number of alkyl carbamates (subject to hydrolysis) is 1. The third-order valence-corrected chi connectivity index (χ3v) is 7.04. The molecule has 3 aromatic rings. The van der Waals surface area contributed by atoms with Gasteiger partial charge in [0.25, 0.3) is 5.88 Å². The van der Waals surface area contributed by atoms with Crippen molar-refractivity contribution in [3.8, 4) is 22.9 Å². The van der Waals surface area contributed by atoms with Crippen molar-refractivity contribution < 1.29 is 14.3 Å². The number of likely N-dealkylation sites (tertiary alicyclic amines) is 1. The van der Waals surface area contributed by atoms with Crippen molar-refractivity contribution in [1.82, 2.24) is 30.0 Å². The molecule has 3 heterocycles. The fourth-order valence-electron chi connectivity index (χ4n) is 4.86. The Morgan fingerprint density at radius 2 is 1.89 bits per heavy atom. The summed E-state index contributed by atoms with van der Waals surface area (Å²) in [7, 11) is 2.14. The van der Waals surface area contributed by atoms with Gasteiger partial charge in [-0.1, -0.05) is 11.6 Å². The third-order valence-electron chi connectivity index (χ3n) is 7.04. The van der Waals surface area contributed by atoms with Gasteiger partial charge >= 0.3 is 6.09 Å². The second-order valence-corrected chi connectivity index (χ2v) is 11.5. The number of carbonyl (C=O) groups is 1. The second-order valence-electron chi connectivity index (χ2n) is 11.5. The molecule has 0 bridgehead atoms. The van der Waals surface area contributed by atoms with E-state index in [1.54, 1.807) is 12.4 Å². The molecule has 5 rings (SSSR count). The number of aromatic nitrogens is 4. The Bertz CT molecular complexity index is 1320. The van der Waals surface area contributed by atoms with Crippen LogP contribution in [0.3, 0.4) is 0 Å². The molecular formula is C28H37N7O3. The molecule has 1 saturated heterocycles. The predicted molar refractivity (Wildman–Crippen MR) is 145 cm³/mol. The number of nitrogens with two attached hydrogens (primary N) is 1. The number of benzene rings is 1. The summed E-state index contributed by atoms with van der Waals surface area (Å²) in [6.07, 6.45) is 8.61. The van der Waals surface area contributed by atoms with Crippen LogP contribution >= 0.6 is 0 Å². The van der Waals surface area contributed by atoms with Crippen LogP contribution in [0.5, 0.6) is 11.6 Å². The lowest BCUT2D eigenvalue weighted by Crippen LogP contribution is -2.39. The Morgan fingerprint density at radius 3 is 2.58 bits per heavy atom. The van der Waals surface area contributed by atoms with E-state index in [1.165, 1.54) is 0 Å². The zero-order valence-corrected chi connectivity index (χ0v) is 22.8. The summed E-state index contributed by atoms with van der Waals surface area (Å²) in [5.41, 5.74) is 8.71. The summed E-state index contributed by atoms with van der Waals surface area (Å²) in [6, 6.07) is 6.52. The standard InChI is InChI=1S/C28H37N7O3/c1-18-12-19(14-20(13-18)28(8-9-28)33-26(36)38-27(2,3)4)23-16-30-24(29)25(32-23)37-22-15-31-35(17-22)21-6-10-34(5)11-7-21/h12-17,21H,6-11H2,1-5H3,(H2,29,30)(H,33,36). The van der Waals surface area contributed by atoms with Crippen LogP contribution in [0.2, 0.25) is 0 Å². The molecule has 0 atom stereocenters. The summed E-state index contributed by atoms with van der Waals surface area (Å²) >= 11 is 0. The summed E-state index contributed by atoms with van der Waals surface area (Å²) in [6.45, 7) is 9.70. The van der Waals surface area contributed by atoms with Crippen LogP contribution in [-0.2, 0) is 10.3 Å². The van der Waals surface area contributed by atoms with Gasteiger partial charge in [0, 0.05) is 5.56 Å². The highest BCUT2D eigenvalue weighted by Crippen LogP contribution is 2.47. The minimum atomic E-state index is -0.558. The van der Waals surface area contributed by atoms with Crippen LogP contribution in [-0.4, -0.2) is 56.5 Å². The van der Waals surface area contributed by atoms with E-state index in [2.05, 4.69) is 33.4 Å². The van der Waals surface area contributed by atoms with Crippen LogP contribution in [0.4, 0.5) is 10.6 Å². The maximum absolute atomic E-state index is 12.5. The molecule has 202 valence electrons. The molecule has 10 nitrogen and oxygen atoms in total. The van der Waals surface area contributed by atoms with Crippen molar-refractivity contribution in [2.75, 3.05) is 25.9 Å². The molecule has 0 radical (unpaired) electrons. The smallest absolute Gasteiger partial charge is 0.408 e. The molecule has 2 aliphatic rings. The summed E-state index contributed by atoms with van der Waals surface area (Å²) in [5, 5.41) is 7.59. The Hall–Kier alpha value is -3.66. The summed E-state index contributed by atoms with van der Waals surface area (Å²) < 4.78 is 13.5. The number of hydrogen-bond donors (Lipinski definition) is 2. The molecule has 0 spiro atoms. The first-order valence-corrected chi connectivity index (χ1v) is 13.2. The molecule has 1 aliphatic carbocycles. The van der Waals surface area contributed by atoms with Crippen molar-refractivity contribution in [2.45, 2.75) is 70.6 Å². The van der Waals surface area contributed by atoms with Gasteiger partial charge in [-0.2, -0.15) is 5.10 Å². The lowest BCUT2D eigenvalue weighted by Gasteiger charge is -2.28. The van der Waals surface area contributed by atoms with Gasteiger partial charge in [-0.3, -0.25) is 4.68 Å². The van der Waals surface area contributed by atoms with Crippen LogP contribution in [0.1, 0.15) is 63.6 Å². The molecule has 1 saturated carbocycles. The third kappa shape index (κ3) is 5.91. The number of nitrogens with one attached hydrogen (secondary N) is 1. The second kappa shape index (κ2) is 9.90.